The van der Waals surface area contributed by atoms with Gasteiger partial charge in [0.15, 0.2) is 5.13 Å². The third-order valence-corrected chi connectivity index (χ3v) is 4.39. The normalized spacial score (nSPS) is 19.0. The van der Waals surface area contributed by atoms with Crippen LogP contribution in [0.3, 0.4) is 0 Å². The van der Waals surface area contributed by atoms with E-state index < -0.39 is 0 Å². The first-order valence-electron chi connectivity index (χ1n) is 6.45. The monoisotopic (exact) mass is 276 g/mol. The van der Waals surface area contributed by atoms with E-state index in [-0.39, 0.29) is 5.56 Å². The highest BCUT2D eigenvalue weighted by atomic mass is 32.1. The standard InChI is InChI=1S/C13H16N4OS/c1-10-9-19-13(15-10)16-7-3-4-11(16)8-17-12(18)5-2-6-14-17/h2,5-6,9,11H,3-4,7-8H2,1H3. The molecule has 0 amide bonds. The number of thiazole rings is 1. The fraction of sp³-hybridized carbons (Fsp3) is 0.462. The number of nitrogens with zero attached hydrogens (tertiary/aromatic N) is 4. The Bertz CT molecular complexity index is 621. The van der Waals surface area contributed by atoms with Crippen LogP contribution in [0, 0.1) is 6.92 Å². The van der Waals surface area contributed by atoms with Crippen molar-refractivity contribution in [2.24, 2.45) is 0 Å². The Morgan fingerprint density at radius 3 is 3.16 bits per heavy atom. The number of aromatic nitrogens is 3. The molecular weight excluding hydrogens is 260 g/mol. The predicted molar refractivity (Wildman–Crippen MR) is 75.7 cm³/mol. The molecule has 1 aliphatic heterocycles. The van der Waals surface area contributed by atoms with Crippen molar-refractivity contribution in [3.8, 4) is 0 Å². The Balaban J connectivity index is 1.81. The lowest BCUT2D eigenvalue weighted by Crippen LogP contribution is -2.36. The van der Waals surface area contributed by atoms with E-state index in [4.69, 9.17) is 0 Å². The second kappa shape index (κ2) is 5.13. The molecule has 0 radical (unpaired) electrons. The van der Waals surface area contributed by atoms with Crippen LogP contribution in [0.2, 0.25) is 0 Å². The van der Waals surface area contributed by atoms with E-state index in [1.165, 1.54) is 0 Å². The van der Waals surface area contributed by atoms with Crippen LogP contribution in [0.1, 0.15) is 18.5 Å². The molecule has 0 aliphatic carbocycles. The van der Waals surface area contributed by atoms with Gasteiger partial charge >= 0.3 is 0 Å². The number of hydrogen-bond donors (Lipinski definition) is 0. The molecule has 3 heterocycles. The molecule has 0 saturated carbocycles. The van der Waals surface area contributed by atoms with Gasteiger partial charge in [0.25, 0.3) is 5.56 Å². The van der Waals surface area contributed by atoms with Crippen LogP contribution in [0.5, 0.6) is 0 Å². The summed E-state index contributed by atoms with van der Waals surface area (Å²) in [6.07, 6.45) is 3.89. The van der Waals surface area contributed by atoms with Crippen molar-refractivity contribution in [1.29, 1.82) is 0 Å². The molecule has 100 valence electrons. The summed E-state index contributed by atoms with van der Waals surface area (Å²) in [5, 5.41) is 7.26. The molecule has 2 aromatic rings. The van der Waals surface area contributed by atoms with Gasteiger partial charge in [-0.1, -0.05) is 0 Å². The van der Waals surface area contributed by atoms with Crippen molar-refractivity contribution in [2.75, 3.05) is 11.4 Å². The molecule has 1 saturated heterocycles. The lowest BCUT2D eigenvalue weighted by atomic mass is 10.2. The highest BCUT2D eigenvalue weighted by Crippen LogP contribution is 2.28. The van der Waals surface area contributed by atoms with Crippen molar-refractivity contribution in [2.45, 2.75) is 32.4 Å². The van der Waals surface area contributed by atoms with Gasteiger partial charge in [0, 0.05) is 24.2 Å². The Hall–Kier alpha value is -1.69. The molecule has 2 aromatic heterocycles. The van der Waals surface area contributed by atoms with Crippen LogP contribution < -0.4 is 10.5 Å². The van der Waals surface area contributed by atoms with E-state index in [1.54, 1.807) is 34.3 Å². The van der Waals surface area contributed by atoms with Crippen LogP contribution in [-0.2, 0) is 6.54 Å². The Morgan fingerprint density at radius 1 is 1.53 bits per heavy atom. The average molecular weight is 276 g/mol. The van der Waals surface area contributed by atoms with E-state index in [2.05, 4.69) is 20.4 Å². The SMILES string of the molecule is Cc1csc(N2CCCC2Cn2ncccc2=O)n1. The summed E-state index contributed by atoms with van der Waals surface area (Å²) in [7, 11) is 0. The zero-order valence-corrected chi connectivity index (χ0v) is 11.6. The van der Waals surface area contributed by atoms with Crippen molar-refractivity contribution < 1.29 is 0 Å². The van der Waals surface area contributed by atoms with Gasteiger partial charge in [-0.15, -0.1) is 11.3 Å². The number of aryl methyl sites for hydroxylation is 1. The molecule has 19 heavy (non-hydrogen) atoms. The maximum absolute atomic E-state index is 11.7. The van der Waals surface area contributed by atoms with E-state index in [9.17, 15) is 4.79 Å². The fourth-order valence-corrected chi connectivity index (χ4v) is 3.38. The van der Waals surface area contributed by atoms with Gasteiger partial charge in [0.1, 0.15) is 0 Å². The molecule has 1 unspecified atom stereocenters. The summed E-state index contributed by atoms with van der Waals surface area (Å²) in [5.74, 6) is 0. The van der Waals surface area contributed by atoms with Gasteiger partial charge in [-0.3, -0.25) is 4.79 Å². The average Bonchev–Trinajstić information content (AvgIpc) is 3.01. The van der Waals surface area contributed by atoms with Crippen LogP contribution in [-0.4, -0.2) is 27.4 Å². The molecule has 0 bridgehead atoms. The van der Waals surface area contributed by atoms with Crippen LogP contribution in [0.4, 0.5) is 5.13 Å². The van der Waals surface area contributed by atoms with Gasteiger partial charge in [0.2, 0.25) is 0 Å². The molecule has 1 fully saturated rings. The molecule has 5 nitrogen and oxygen atoms in total. The third kappa shape index (κ3) is 2.53. The highest BCUT2D eigenvalue weighted by Gasteiger charge is 2.27. The van der Waals surface area contributed by atoms with Crippen molar-refractivity contribution >= 4 is 16.5 Å². The molecule has 0 N–H and O–H groups in total. The second-order valence-corrected chi connectivity index (χ2v) is 5.64. The number of anilines is 1. The topological polar surface area (TPSA) is 51.0 Å². The first kappa shape index (κ1) is 12.3. The van der Waals surface area contributed by atoms with Gasteiger partial charge in [-0.2, -0.15) is 5.10 Å². The zero-order valence-electron chi connectivity index (χ0n) is 10.8. The molecule has 3 rings (SSSR count). The van der Waals surface area contributed by atoms with Gasteiger partial charge in [0.05, 0.1) is 18.3 Å². The summed E-state index contributed by atoms with van der Waals surface area (Å²) in [5.41, 5.74) is 1.02. The first-order chi connectivity index (χ1) is 9.24. The lowest BCUT2D eigenvalue weighted by Gasteiger charge is -2.24. The fourth-order valence-electron chi connectivity index (χ4n) is 2.47. The Kier molecular flexibility index (Phi) is 3.33. The minimum absolute atomic E-state index is 0.0373. The van der Waals surface area contributed by atoms with Crippen LogP contribution >= 0.6 is 11.3 Å². The van der Waals surface area contributed by atoms with E-state index in [0.29, 0.717) is 12.6 Å². The number of rotatable bonds is 3. The minimum atomic E-state index is -0.0373. The highest BCUT2D eigenvalue weighted by molar-refractivity contribution is 7.13. The first-order valence-corrected chi connectivity index (χ1v) is 7.33. The maximum Gasteiger partial charge on any atom is 0.266 e. The van der Waals surface area contributed by atoms with Crippen LogP contribution in [0.25, 0.3) is 0 Å². The second-order valence-electron chi connectivity index (χ2n) is 4.80. The van der Waals surface area contributed by atoms with Crippen LogP contribution in [0.15, 0.2) is 28.5 Å². The molecule has 1 atom stereocenters. The molecule has 1 aliphatic rings. The quantitative estimate of drug-likeness (QED) is 0.856. The summed E-state index contributed by atoms with van der Waals surface area (Å²) in [6, 6.07) is 3.55. The summed E-state index contributed by atoms with van der Waals surface area (Å²) in [6.45, 7) is 3.66. The maximum atomic E-state index is 11.7. The predicted octanol–water partition coefficient (Wildman–Crippen LogP) is 1.68. The minimum Gasteiger partial charge on any atom is -0.343 e. The zero-order chi connectivity index (χ0) is 13.2. The summed E-state index contributed by atoms with van der Waals surface area (Å²) in [4.78, 5) is 18.6. The van der Waals surface area contributed by atoms with Gasteiger partial charge in [-0.05, 0) is 25.8 Å². The van der Waals surface area contributed by atoms with E-state index >= 15 is 0 Å². The Morgan fingerprint density at radius 2 is 2.42 bits per heavy atom. The largest absolute Gasteiger partial charge is 0.343 e. The van der Waals surface area contributed by atoms with Crippen molar-refractivity contribution in [3.63, 3.8) is 0 Å². The lowest BCUT2D eigenvalue weighted by molar-refractivity contribution is 0.488. The summed E-state index contributed by atoms with van der Waals surface area (Å²) < 4.78 is 1.55. The van der Waals surface area contributed by atoms with Gasteiger partial charge in [-0.25, -0.2) is 9.67 Å². The van der Waals surface area contributed by atoms with Crippen molar-refractivity contribution in [1.82, 2.24) is 14.8 Å². The Labute approximate surface area is 115 Å². The van der Waals surface area contributed by atoms with Crippen molar-refractivity contribution in [3.05, 3.63) is 39.8 Å². The molecule has 0 spiro atoms. The molecular formula is C13H16N4OS. The smallest absolute Gasteiger partial charge is 0.266 e. The number of hydrogen-bond acceptors (Lipinski definition) is 5. The summed E-state index contributed by atoms with van der Waals surface area (Å²) >= 11 is 1.67. The molecule has 6 heteroatoms. The van der Waals surface area contributed by atoms with Gasteiger partial charge < -0.3 is 4.90 Å². The van der Waals surface area contributed by atoms with E-state index in [0.717, 1.165) is 30.2 Å². The van der Waals surface area contributed by atoms with E-state index in [1.807, 2.05) is 6.92 Å². The third-order valence-electron chi connectivity index (χ3n) is 3.40. The molecule has 0 aromatic carbocycles.